The van der Waals surface area contributed by atoms with Gasteiger partial charge < -0.3 is 5.73 Å². The maximum Gasteiger partial charge on any atom is 0.339 e. The second kappa shape index (κ2) is 6.02. The minimum atomic E-state index is -0.803. The number of aryl methyl sites for hydroxylation is 1. The standard InChI is InChI=1S/C12H15N5O2S/c1-3-8(13)9-5-4-7(6-14-9)20-12-15-10(18)11(19)16-17(12)2/h4-6,8H,3,13H2,1-2H3,(H,16,19). The van der Waals surface area contributed by atoms with Crippen molar-refractivity contribution in [3.05, 3.63) is 44.7 Å². The molecular weight excluding hydrogens is 278 g/mol. The summed E-state index contributed by atoms with van der Waals surface area (Å²) in [7, 11) is 1.62. The Hall–Kier alpha value is -1.93. The summed E-state index contributed by atoms with van der Waals surface area (Å²) in [6, 6.07) is 3.63. The summed E-state index contributed by atoms with van der Waals surface area (Å²) in [5.41, 5.74) is 5.17. The van der Waals surface area contributed by atoms with Gasteiger partial charge in [-0.2, -0.15) is 4.98 Å². The van der Waals surface area contributed by atoms with E-state index in [0.717, 1.165) is 17.0 Å². The molecule has 3 N–H and O–H groups in total. The monoisotopic (exact) mass is 293 g/mol. The van der Waals surface area contributed by atoms with Gasteiger partial charge in [-0.3, -0.25) is 24.4 Å². The Labute approximate surface area is 119 Å². The van der Waals surface area contributed by atoms with Crippen LogP contribution in [-0.2, 0) is 7.05 Å². The number of H-pyrrole nitrogens is 1. The van der Waals surface area contributed by atoms with E-state index >= 15 is 0 Å². The fourth-order valence-electron chi connectivity index (χ4n) is 1.54. The molecule has 0 aromatic carbocycles. The highest BCUT2D eigenvalue weighted by molar-refractivity contribution is 7.99. The molecule has 1 atom stereocenters. The molecule has 20 heavy (non-hydrogen) atoms. The van der Waals surface area contributed by atoms with Crippen LogP contribution >= 0.6 is 11.8 Å². The van der Waals surface area contributed by atoms with Crippen molar-refractivity contribution in [3.63, 3.8) is 0 Å². The third kappa shape index (κ3) is 3.14. The highest BCUT2D eigenvalue weighted by atomic mass is 32.2. The van der Waals surface area contributed by atoms with Crippen molar-refractivity contribution < 1.29 is 0 Å². The molecule has 1 unspecified atom stereocenters. The van der Waals surface area contributed by atoms with Crippen LogP contribution in [0.5, 0.6) is 0 Å². The van der Waals surface area contributed by atoms with Crippen molar-refractivity contribution in [2.75, 3.05) is 0 Å². The first-order chi connectivity index (χ1) is 9.51. The van der Waals surface area contributed by atoms with Crippen molar-refractivity contribution in [3.8, 4) is 0 Å². The van der Waals surface area contributed by atoms with Crippen LogP contribution in [-0.4, -0.2) is 19.7 Å². The molecule has 0 fully saturated rings. The Morgan fingerprint density at radius 1 is 1.45 bits per heavy atom. The van der Waals surface area contributed by atoms with Gasteiger partial charge in [-0.25, -0.2) is 0 Å². The molecule has 0 saturated carbocycles. The summed E-state index contributed by atoms with van der Waals surface area (Å²) in [6.07, 6.45) is 2.49. The van der Waals surface area contributed by atoms with Gasteiger partial charge in [0, 0.05) is 24.2 Å². The molecule has 2 heterocycles. The molecule has 0 radical (unpaired) electrons. The smallest absolute Gasteiger partial charge is 0.323 e. The molecule has 8 heteroatoms. The van der Waals surface area contributed by atoms with Crippen molar-refractivity contribution in [1.29, 1.82) is 0 Å². The molecule has 0 aliphatic rings. The summed E-state index contributed by atoms with van der Waals surface area (Å²) in [5.74, 6) is 0. The number of pyridine rings is 1. The predicted octanol–water partition coefficient (Wildman–Crippen LogP) is 0.425. The van der Waals surface area contributed by atoms with Crippen LogP contribution in [0.3, 0.4) is 0 Å². The second-order valence-corrected chi connectivity index (χ2v) is 5.28. The number of rotatable bonds is 4. The zero-order valence-corrected chi connectivity index (χ0v) is 12.0. The van der Waals surface area contributed by atoms with E-state index in [1.165, 1.54) is 16.4 Å². The molecule has 0 spiro atoms. The van der Waals surface area contributed by atoms with Gasteiger partial charge in [0.05, 0.1) is 5.69 Å². The van der Waals surface area contributed by atoms with Crippen LogP contribution in [0.2, 0.25) is 0 Å². The minimum Gasteiger partial charge on any atom is -0.323 e. The number of aromatic amines is 1. The van der Waals surface area contributed by atoms with Crippen LogP contribution in [0.25, 0.3) is 0 Å². The Morgan fingerprint density at radius 3 is 2.80 bits per heavy atom. The number of nitrogens with one attached hydrogen (secondary N) is 1. The molecule has 0 amide bonds. The van der Waals surface area contributed by atoms with Gasteiger partial charge >= 0.3 is 11.1 Å². The van der Waals surface area contributed by atoms with Gasteiger partial charge in [-0.05, 0) is 30.3 Å². The van der Waals surface area contributed by atoms with E-state index < -0.39 is 11.1 Å². The molecule has 0 saturated heterocycles. The zero-order valence-electron chi connectivity index (χ0n) is 11.2. The summed E-state index contributed by atoms with van der Waals surface area (Å²) in [5, 5.41) is 2.78. The Balaban J connectivity index is 2.24. The van der Waals surface area contributed by atoms with E-state index in [0.29, 0.717) is 5.16 Å². The van der Waals surface area contributed by atoms with Crippen LogP contribution in [0, 0.1) is 0 Å². The van der Waals surface area contributed by atoms with E-state index in [9.17, 15) is 9.59 Å². The van der Waals surface area contributed by atoms with Gasteiger partial charge in [0.15, 0.2) is 5.16 Å². The molecular formula is C12H15N5O2S. The number of aromatic nitrogens is 4. The SMILES string of the molecule is CCC(N)c1ccc(Sc2nc(=O)c(=O)[nH]n2C)cn1. The molecule has 106 valence electrons. The van der Waals surface area contributed by atoms with Gasteiger partial charge in [-0.15, -0.1) is 0 Å². The normalized spacial score (nSPS) is 12.3. The number of nitrogens with two attached hydrogens (primary N) is 1. The summed E-state index contributed by atoms with van der Waals surface area (Å²) < 4.78 is 1.40. The zero-order chi connectivity index (χ0) is 14.7. The third-order valence-electron chi connectivity index (χ3n) is 2.74. The lowest BCUT2D eigenvalue weighted by Gasteiger charge is -2.09. The summed E-state index contributed by atoms with van der Waals surface area (Å²) >= 11 is 1.24. The Kier molecular flexibility index (Phi) is 4.35. The minimum absolute atomic E-state index is 0.0791. The first-order valence-electron chi connectivity index (χ1n) is 6.08. The fourth-order valence-corrected chi connectivity index (χ4v) is 2.30. The highest BCUT2D eigenvalue weighted by Gasteiger charge is 2.08. The maximum atomic E-state index is 11.3. The highest BCUT2D eigenvalue weighted by Crippen LogP contribution is 2.24. The number of hydrogen-bond acceptors (Lipinski definition) is 6. The van der Waals surface area contributed by atoms with E-state index in [1.807, 2.05) is 19.1 Å². The first-order valence-corrected chi connectivity index (χ1v) is 6.89. The second-order valence-electron chi connectivity index (χ2n) is 4.24. The van der Waals surface area contributed by atoms with Crippen LogP contribution in [0.15, 0.2) is 38.0 Å². The fraction of sp³-hybridized carbons (Fsp3) is 0.333. The lowest BCUT2D eigenvalue weighted by atomic mass is 10.1. The van der Waals surface area contributed by atoms with E-state index in [-0.39, 0.29) is 6.04 Å². The third-order valence-corrected chi connectivity index (χ3v) is 3.76. The largest absolute Gasteiger partial charge is 0.339 e. The van der Waals surface area contributed by atoms with Gasteiger partial charge in [0.2, 0.25) is 0 Å². The summed E-state index contributed by atoms with van der Waals surface area (Å²) in [6.45, 7) is 2.00. The molecule has 7 nitrogen and oxygen atoms in total. The number of hydrogen-bond donors (Lipinski definition) is 2. The topological polar surface area (TPSA) is 107 Å². The quantitative estimate of drug-likeness (QED) is 0.791. The Bertz CT molecular complexity index is 707. The predicted molar refractivity (Wildman–Crippen MR) is 75.7 cm³/mol. The van der Waals surface area contributed by atoms with Crippen LogP contribution < -0.4 is 16.9 Å². The average molecular weight is 293 g/mol. The van der Waals surface area contributed by atoms with Gasteiger partial charge in [0.1, 0.15) is 0 Å². The van der Waals surface area contributed by atoms with Crippen molar-refractivity contribution in [2.45, 2.75) is 29.4 Å². The average Bonchev–Trinajstić information content (AvgIpc) is 2.44. The molecule has 2 aromatic rings. The Morgan fingerprint density at radius 2 is 2.20 bits per heavy atom. The first kappa shape index (κ1) is 14.5. The van der Waals surface area contributed by atoms with Gasteiger partial charge in [0.25, 0.3) is 0 Å². The molecule has 2 aromatic heterocycles. The van der Waals surface area contributed by atoms with E-state index in [1.54, 1.807) is 13.2 Å². The van der Waals surface area contributed by atoms with Crippen molar-refractivity contribution in [1.82, 2.24) is 19.7 Å². The van der Waals surface area contributed by atoms with Gasteiger partial charge in [-0.1, -0.05) is 6.92 Å². The van der Waals surface area contributed by atoms with Crippen molar-refractivity contribution >= 4 is 11.8 Å². The molecule has 2 rings (SSSR count). The lowest BCUT2D eigenvalue weighted by molar-refractivity contribution is 0.596. The van der Waals surface area contributed by atoms with E-state index in [2.05, 4.69) is 15.1 Å². The molecule has 0 aliphatic heterocycles. The molecule has 0 aliphatic carbocycles. The van der Waals surface area contributed by atoms with Crippen LogP contribution in [0.1, 0.15) is 25.1 Å². The van der Waals surface area contributed by atoms with Crippen LogP contribution in [0.4, 0.5) is 0 Å². The summed E-state index contributed by atoms with van der Waals surface area (Å²) in [4.78, 5) is 31.2. The number of nitrogens with zero attached hydrogens (tertiary/aromatic N) is 3. The van der Waals surface area contributed by atoms with Crippen molar-refractivity contribution in [2.24, 2.45) is 12.8 Å². The molecule has 0 bridgehead atoms. The van der Waals surface area contributed by atoms with E-state index in [4.69, 9.17) is 5.73 Å². The lowest BCUT2D eigenvalue weighted by Crippen LogP contribution is -2.33. The maximum absolute atomic E-state index is 11.3.